The fourth-order valence-corrected chi connectivity index (χ4v) is 2.60. The Balaban J connectivity index is 2.62. The smallest absolute Gasteiger partial charge is 0.417 e. The number of allylic oxidation sites excluding steroid dienone is 1. The summed E-state index contributed by atoms with van der Waals surface area (Å²) in [5.41, 5.74) is -5.14. The Hall–Kier alpha value is -2.69. The van der Waals surface area contributed by atoms with Crippen LogP contribution in [0.2, 0.25) is 5.02 Å². The molecule has 30 heavy (non-hydrogen) atoms. The van der Waals surface area contributed by atoms with Crippen LogP contribution in [-0.4, -0.2) is 17.3 Å². The second-order valence-electron chi connectivity index (χ2n) is 5.90. The summed E-state index contributed by atoms with van der Waals surface area (Å²) in [6.07, 6.45) is -10.7. The van der Waals surface area contributed by atoms with Crippen molar-refractivity contribution in [3.05, 3.63) is 75.3 Å². The lowest BCUT2D eigenvalue weighted by Crippen LogP contribution is -2.20. The zero-order chi connectivity index (χ0) is 23.0. The van der Waals surface area contributed by atoms with Crippen molar-refractivity contribution in [2.24, 2.45) is 0 Å². The molecule has 1 unspecified atom stereocenters. The SMILES string of the molecule is O=C(O)c1ccc(/C(F)=C/C(c2cc(F)c(Cl)c(F)c2)C(F)(F)F)cc1C(F)(F)F. The first-order valence-corrected chi connectivity index (χ1v) is 8.04. The summed E-state index contributed by atoms with van der Waals surface area (Å²) in [4.78, 5) is 10.9. The van der Waals surface area contributed by atoms with Gasteiger partial charge < -0.3 is 5.11 Å². The molecule has 0 radical (unpaired) electrons. The second kappa shape index (κ2) is 8.21. The van der Waals surface area contributed by atoms with Crippen molar-refractivity contribution < 1.29 is 49.4 Å². The van der Waals surface area contributed by atoms with Crippen LogP contribution in [0.25, 0.3) is 5.83 Å². The molecule has 0 aromatic heterocycles. The molecule has 0 aliphatic heterocycles. The molecule has 0 aliphatic carbocycles. The summed E-state index contributed by atoms with van der Waals surface area (Å²) in [6, 6.07) is 1.34. The molecule has 0 heterocycles. The first kappa shape index (κ1) is 23.6. The van der Waals surface area contributed by atoms with Gasteiger partial charge in [0, 0.05) is 5.56 Å². The summed E-state index contributed by atoms with van der Waals surface area (Å²) >= 11 is 5.20. The number of hydrogen-bond acceptors (Lipinski definition) is 1. The van der Waals surface area contributed by atoms with E-state index in [1.807, 2.05) is 0 Å². The minimum absolute atomic E-state index is 0.0196. The monoisotopic (exact) mass is 462 g/mol. The predicted octanol–water partition coefficient (Wildman–Crippen LogP) is 6.99. The van der Waals surface area contributed by atoms with Crippen LogP contribution in [0.1, 0.15) is 33.0 Å². The van der Waals surface area contributed by atoms with E-state index >= 15 is 0 Å². The molecule has 0 aliphatic rings. The number of carboxylic acids is 1. The molecule has 1 atom stereocenters. The third-order valence-electron chi connectivity index (χ3n) is 3.86. The van der Waals surface area contributed by atoms with E-state index in [1.165, 1.54) is 0 Å². The summed E-state index contributed by atoms with van der Waals surface area (Å²) in [7, 11) is 0. The van der Waals surface area contributed by atoms with Gasteiger partial charge in [0.15, 0.2) is 0 Å². The number of alkyl halides is 6. The van der Waals surface area contributed by atoms with Gasteiger partial charge >= 0.3 is 18.3 Å². The van der Waals surface area contributed by atoms with E-state index in [1.54, 1.807) is 0 Å². The third-order valence-corrected chi connectivity index (χ3v) is 4.22. The van der Waals surface area contributed by atoms with Crippen LogP contribution in [-0.2, 0) is 6.18 Å². The average molecular weight is 463 g/mol. The van der Waals surface area contributed by atoms with E-state index in [2.05, 4.69) is 0 Å². The molecule has 2 rings (SSSR count). The summed E-state index contributed by atoms with van der Waals surface area (Å²) < 4.78 is 121. The number of halogens is 10. The lowest BCUT2D eigenvalue weighted by atomic mass is 9.95. The van der Waals surface area contributed by atoms with Gasteiger partial charge in [-0.25, -0.2) is 18.0 Å². The highest BCUT2D eigenvalue weighted by molar-refractivity contribution is 6.30. The maximum Gasteiger partial charge on any atom is 0.417 e. The van der Waals surface area contributed by atoms with Crippen molar-refractivity contribution >= 4 is 23.4 Å². The van der Waals surface area contributed by atoms with Crippen LogP contribution in [0.15, 0.2) is 36.4 Å². The molecule has 0 fully saturated rings. The van der Waals surface area contributed by atoms with E-state index in [9.17, 15) is 44.3 Å². The number of hydrogen-bond donors (Lipinski definition) is 1. The normalized spacial score (nSPS) is 14.0. The van der Waals surface area contributed by atoms with E-state index in [-0.39, 0.29) is 24.3 Å². The van der Waals surface area contributed by atoms with Gasteiger partial charge in [-0.2, -0.15) is 26.3 Å². The molecule has 162 valence electrons. The Kier molecular flexibility index (Phi) is 6.45. The van der Waals surface area contributed by atoms with Crippen LogP contribution in [0.3, 0.4) is 0 Å². The number of benzene rings is 2. The molecule has 2 nitrogen and oxygen atoms in total. The molecule has 1 N–H and O–H groups in total. The Morgan fingerprint density at radius 1 is 1.00 bits per heavy atom. The van der Waals surface area contributed by atoms with Gasteiger partial charge in [-0.05, 0) is 35.9 Å². The van der Waals surface area contributed by atoms with E-state index < -0.39 is 69.0 Å². The zero-order valence-electron chi connectivity index (χ0n) is 14.2. The van der Waals surface area contributed by atoms with E-state index in [4.69, 9.17) is 16.7 Å². The highest BCUT2D eigenvalue weighted by Gasteiger charge is 2.41. The van der Waals surface area contributed by atoms with Crippen LogP contribution >= 0.6 is 11.6 Å². The van der Waals surface area contributed by atoms with Gasteiger partial charge in [0.05, 0.1) is 11.1 Å². The zero-order valence-corrected chi connectivity index (χ0v) is 14.9. The van der Waals surface area contributed by atoms with E-state index in [0.717, 1.165) is 0 Å². The average Bonchev–Trinajstić information content (AvgIpc) is 2.61. The van der Waals surface area contributed by atoms with Gasteiger partial charge in [0.1, 0.15) is 28.4 Å². The molecule has 0 bridgehead atoms. The highest BCUT2D eigenvalue weighted by Crippen LogP contribution is 2.40. The molecule has 2 aromatic rings. The molecular weight excluding hydrogens is 455 g/mol. The van der Waals surface area contributed by atoms with Crippen molar-refractivity contribution in [1.29, 1.82) is 0 Å². The molecule has 0 saturated heterocycles. The van der Waals surface area contributed by atoms with Crippen LogP contribution in [0.5, 0.6) is 0 Å². The number of rotatable bonds is 4. The van der Waals surface area contributed by atoms with Crippen molar-refractivity contribution in [1.82, 2.24) is 0 Å². The van der Waals surface area contributed by atoms with Crippen LogP contribution in [0.4, 0.5) is 39.5 Å². The quantitative estimate of drug-likeness (QED) is 0.393. The lowest BCUT2D eigenvalue weighted by Gasteiger charge is -2.18. The molecule has 0 saturated carbocycles. The first-order valence-electron chi connectivity index (χ1n) is 7.66. The summed E-state index contributed by atoms with van der Waals surface area (Å²) in [5.74, 6) is -9.86. The minimum atomic E-state index is -5.28. The highest BCUT2D eigenvalue weighted by atomic mass is 35.5. The molecule has 0 spiro atoms. The Morgan fingerprint density at radius 3 is 1.97 bits per heavy atom. The fraction of sp³-hybridized carbons (Fsp3) is 0.167. The molecular formula is C18H8ClF9O2. The van der Waals surface area contributed by atoms with Crippen molar-refractivity contribution in [3.63, 3.8) is 0 Å². The maximum absolute atomic E-state index is 14.4. The number of aromatic carboxylic acids is 1. The van der Waals surface area contributed by atoms with Gasteiger partial charge in [-0.15, -0.1) is 0 Å². The van der Waals surface area contributed by atoms with E-state index in [0.29, 0.717) is 12.1 Å². The van der Waals surface area contributed by atoms with Gasteiger partial charge in [0.25, 0.3) is 0 Å². The fourth-order valence-electron chi connectivity index (χ4n) is 2.49. The van der Waals surface area contributed by atoms with Gasteiger partial charge in [-0.1, -0.05) is 17.7 Å². The molecule has 2 aromatic carbocycles. The van der Waals surface area contributed by atoms with Gasteiger partial charge in [0.2, 0.25) is 0 Å². The molecule has 0 amide bonds. The summed E-state index contributed by atoms with van der Waals surface area (Å²) in [5, 5.41) is 7.70. The van der Waals surface area contributed by atoms with Crippen LogP contribution < -0.4 is 0 Å². The van der Waals surface area contributed by atoms with Crippen molar-refractivity contribution in [2.75, 3.05) is 0 Å². The van der Waals surface area contributed by atoms with Crippen LogP contribution in [0, 0.1) is 11.6 Å². The Labute approximate surface area is 167 Å². The first-order chi connectivity index (χ1) is 13.6. The Bertz CT molecular complexity index is 987. The van der Waals surface area contributed by atoms with Crippen molar-refractivity contribution in [2.45, 2.75) is 18.3 Å². The standard InChI is InChI=1S/C18H8ClF9O2/c19-15-13(21)4-8(5-14(15)22)10(17(23,24)25)6-12(20)7-1-2-9(16(29)30)11(3-7)18(26,27)28/h1-6,10H,(H,29,30)/b12-6-. The largest absolute Gasteiger partial charge is 0.478 e. The second-order valence-corrected chi connectivity index (χ2v) is 6.27. The summed E-state index contributed by atoms with van der Waals surface area (Å²) in [6.45, 7) is 0. The van der Waals surface area contributed by atoms with Gasteiger partial charge in [-0.3, -0.25) is 0 Å². The maximum atomic E-state index is 14.4. The molecule has 12 heteroatoms. The number of carbonyl (C=O) groups is 1. The topological polar surface area (TPSA) is 37.3 Å². The van der Waals surface area contributed by atoms with Crippen molar-refractivity contribution in [3.8, 4) is 0 Å². The minimum Gasteiger partial charge on any atom is -0.478 e. The lowest BCUT2D eigenvalue weighted by molar-refractivity contribution is -0.140. The predicted molar refractivity (Wildman–Crippen MR) is 87.7 cm³/mol. The third kappa shape index (κ3) is 5.07. The number of carboxylic acid groups (broad SMARTS) is 1. The Morgan fingerprint density at radius 2 is 1.53 bits per heavy atom.